The molecule has 224 valence electrons. The summed E-state index contributed by atoms with van der Waals surface area (Å²) in [5.74, 6) is 1.63. The van der Waals surface area contributed by atoms with Gasteiger partial charge in [-0.25, -0.2) is 9.98 Å². The number of rotatable bonds is 7. The zero-order chi connectivity index (χ0) is 31.7. The van der Waals surface area contributed by atoms with E-state index in [1.807, 2.05) is 42.5 Å². The smallest absolute Gasteiger partial charge is 0.169 e. The number of hydrogen-bond donors (Lipinski definition) is 1. The third-order valence-electron chi connectivity index (χ3n) is 9.03. The minimum absolute atomic E-state index is 0.0762. The highest BCUT2D eigenvalue weighted by Gasteiger charge is 2.35. The third-order valence-corrected chi connectivity index (χ3v) is 9.03. The average molecular weight is 596 g/mol. The summed E-state index contributed by atoms with van der Waals surface area (Å²) < 4.78 is 0. The van der Waals surface area contributed by atoms with Crippen molar-refractivity contribution < 1.29 is 0 Å². The molecule has 7 rings (SSSR count). The SMILES string of the molecule is C=CC1=C(/C=C\C)c2cc(-c3cccc(-c4cccc(C5=NC(c6ccccc6)N=C(c6ccccc6)N5)c4)c3)ccc2C1(C)C. The zero-order valence-electron chi connectivity index (χ0n) is 26.5. The van der Waals surface area contributed by atoms with Gasteiger partial charge in [-0.15, -0.1) is 0 Å². The van der Waals surface area contributed by atoms with Gasteiger partial charge in [0.05, 0.1) is 0 Å². The lowest BCUT2D eigenvalue weighted by atomic mass is 9.81. The molecule has 1 aliphatic carbocycles. The first-order valence-electron chi connectivity index (χ1n) is 15.9. The van der Waals surface area contributed by atoms with Crippen molar-refractivity contribution in [3.8, 4) is 22.3 Å². The molecule has 5 aromatic carbocycles. The second kappa shape index (κ2) is 12.1. The van der Waals surface area contributed by atoms with Gasteiger partial charge in [-0.05, 0) is 75.2 Å². The van der Waals surface area contributed by atoms with Crippen molar-refractivity contribution in [2.45, 2.75) is 32.4 Å². The Morgan fingerprint density at radius 2 is 1.17 bits per heavy atom. The average Bonchev–Trinajstić information content (AvgIpc) is 3.33. The molecule has 3 nitrogen and oxygen atoms in total. The van der Waals surface area contributed by atoms with E-state index < -0.39 is 0 Å². The number of nitrogens with zero attached hydrogens (tertiary/aromatic N) is 2. The van der Waals surface area contributed by atoms with Crippen molar-refractivity contribution >= 4 is 17.2 Å². The van der Waals surface area contributed by atoms with Crippen LogP contribution in [0.5, 0.6) is 0 Å². The maximum atomic E-state index is 5.08. The van der Waals surface area contributed by atoms with Crippen molar-refractivity contribution in [2.24, 2.45) is 9.98 Å². The van der Waals surface area contributed by atoms with Crippen molar-refractivity contribution in [3.05, 3.63) is 186 Å². The number of benzene rings is 5. The van der Waals surface area contributed by atoms with Crippen molar-refractivity contribution in [3.63, 3.8) is 0 Å². The van der Waals surface area contributed by atoms with Crippen LogP contribution in [-0.4, -0.2) is 11.7 Å². The predicted molar refractivity (Wildman–Crippen MR) is 194 cm³/mol. The Morgan fingerprint density at radius 3 is 1.80 bits per heavy atom. The topological polar surface area (TPSA) is 36.8 Å². The molecule has 5 aromatic rings. The summed E-state index contributed by atoms with van der Waals surface area (Å²) in [5, 5.41) is 3.54. The summed E-state index contributed by atoms with van der Waals surface area (Å²) >= 11 is 0. The second-order valence-electron chi connectivity index (χ2n) is 12.3. The lowest BCUT2D eigenvalue weighted by Crippen LogP contribution is -2.36. The Hall–Kier alpha value is -5.54. The van der Waals surface area contributed by atoms with E-state index in [1.165, 1.54) is 33.4 Å². The molecule has 1 atom stereocenters. The molecule has 0 bridgehead atoms. The van der Waals surface area contributed by atoms with Crippen LogP contribution < -0.4 is 5.32 Å². The summed E-state index contributed by atoms with van der Waals surface area (Å²) in [4.78, 5) is 10.1. The van der Waals surface area contributed by atoms with Crippen molar-refractivity contribution in [1.82, 2.24) is 5.32 Å². The summed E-state index contributed by atoms with van der Waals surface area (Å²) in [5.41, 5.74) is 12.9. The van der Waals surface area contributed by atoms with Crippen LogP contribution in [0.3, 0.4) is 0 Å². The predicted octanol–water partition coefficient (Wildman–Crippen LogP) is 10.3. The summed E-state index contributed by atoms with van der Waals surface area (Å²) in [6.45, 7) is 10.8. The van der Waals surface area contributed by atoms with Crippen LogP contribution in [0.2, 0.25) is 0 Å². The summed E-state index contributed by atoms with van der Waals surface area (Å²) in [7, 11) is 0. The lowest BCUT2D eigenvalue weighted by molar-refractivity contribution is 0.654. The van der Waals surface area contributed by atoms with Crippen LogP contribution in [0.15, 0.2) is 168 Å². The molecule has 1 unspecified atom stereocenters. The Balaban J connectivity index is 1.25. The molecule has 0 spiro atoms. The van der Waals surface area contributed by atoms with Gasteiger partial charge < -0.3 is 5.32 Å². The molecule has 0 saturated carbocycles. The fourth-order valence-electron chi connectivity index (χ4n) is 6.67. The molecule has 2 aliphatic rings. The maximum Gasteiger partial charge on any atom is 0.169 e. The van der Waals surface area contributed by atoms with Gasteiger partial charge in [-0.2, -0.15) is 0 Å². The minimum atomic E-state index is -0.326. The summed E-state index contributed by atoms with van der Waals surface area (Å²) in [6, 6.07) is 44.8. The van der Waals surface area contributed by atoms with E-state index in [2.05, 4.69) is 136 Å². The van der Waals surface area contributed by atoms with Crippen molar-refractivity contribution in [1.29, 1.82) is 0 Å². The first-order valence-corrected chi connectivity index (χ1v) is 15.9. The Bertz CT molecular complexity index is 2060. The van der Waals surface area contributed by atoms with E-state index in [0.29, 0.717) is 0 Å². The Kier molecular flexibility index (Phi) is 7.68. The number of allylic oxidation sites excluding steroid dienone is 5. The quantitative estimate of drug-likeness (QED) is 0.200. The van der Waals surface area contributed by atoms with Crippen LogP contribution >= 0.6 is 0 Å². The van der Waals surface area contributed by atoms with Crippen LogP contribution in [0.1, 0.15) is 54.8 Å². The fourth-order valence-corrected chi connectivity index (χ4v) is 6.67. The van der Waals surface area contributed by atoms with Gasteiger partial charge in [0.1, 0.15) is 11.7 Å². The number of nitrogens with one attached hydrogen (secondary N) is 1. The molecule has 1 N–H and O–H groups in total. The number of amidine groups is 2. The van der Waals surface area contributed by atoms with Gasteiger partial charge >= 0.3 is 0 Å². The highest BCUT2D eigenvalue weighted by molar-refractivity contribution is 6.16. The van der Waals surface area contributed by atoms with Crippen molar-refractivity contribution in [2.75, 3.05) is 0 Å². The molecule has 0 fully saturated rings. The molecule has 46 heavy (non-hydrogen) atoms. The van der Waals surface area contributed by atoms with Gasteiger partial charge in [0.25, 0.3) is 0 Å². The monoisotopic (exact) mass is 595 g/mol. The molecule has 3 heteroatoms. The van der Waals surface area contributed by atoms with E-state index in [4.69, 9.17) is 9.98 Å². The van der Waals surface area contributed by atoms with E-state index in [-0.39, 0.29) is 11.6 Å². The molecule has 0 amide bonds. The Morgan fingerprint density at radius 1 is 0.630 bits per heavy atom. The second-order valence-corrected chi connectivity index (χ2v) is 12.3. The Labute approximate surface area is 272 Å². The van der Waals surface area contributed by atoms with Gasteiger partial charge in [0, 0.05) is 16.5 Å². The van der Waals surface area contributed by atoms with E-state index in [1.54, 1.807) is 0 Å². The van der Waals surface area contributed by atoms with E-state index >= 15 is 0 Å². The molecular weight excluding hydrogens is 558 g/mol. The summed E-state index contributed by atoms with van der Waals surface area (Å²) in [6.07, 6.45) is 6.03. The third kappa shape index (κ3) is 5.35. The van der Waals surface area contributed by atoms with Gasteiger partial charge in [0.2, 0.25) is 0 Å². The highest BCUT2D eigenvalue weighted by Crippen LogP contribution is 2.48. The highest BCUT2D eigenvalue weighted by atomic mass is 15.2. The van der Waals surface area contributed by atoms with Crippen LogP contribution in [0, 0.1) is 0 Å². The number of hydrogen-bond acceptors (Lipinski definition) is 3. The van der Waals surface area contributed by atoms with Gasteiger partial charge in [0.15, 0.2) is 6.17 Å². The van der Waals surface area contributed by atoms with Crippen LogP contribution in [0.4, 0.5) is 0 Å². The lowest BCUT2D eigenvalue weighted by Gasteiger charge is -2.23. The largest absolute Gasteiger partial charge is 0.324 e. The van der Waals surface area contributed by atoms with Gasteiger partial charge in [-0.1, -0.05) is 148 Å². The van der Waals surface area contributed by atoms with Crippen LogP contribution in [-0.2, 0) is 5.41 Å². The molecule has 0 radical (unpaired) electrons. The first-order chi connectivity index (χ1) is 22.5. The van der Waals surface area contributed by atoms with E-state index in [0.717, 1.165) is 39.5 Å². The first kappa shape index (κ1) is 29.2. The fraction of sp³-hybridized carbons (Fsp3) is 0.116. The minimum Gasteiger partial charge on any atom is -0.324 e. The standard InChI is InChI=1S/C43H37N3/c1-5-15-36-37-28-34(24-25-39(37)43(3,4)38(36)6-2)32-21-13-20-31(26-32)33-22-14-23-35(27-33)42-45-40(29-16-9-7-10-17-29)44-41(46-42)30-18-11-8-12-19-30/h5-28,40H,2H2,1,3-4H3,(H,44,45,46)/b15-5-. The number of aliphatic imine (C=N–C) groups is 2. The zero-order valence-corrected chi connectivity index (χ0v) is 26.5. The normalized spacial score (nSPS) is 16.9. The molecule has 0 aromatic heterocycles. The molecular formula is C43H37N3. The maximum absolute atomic E-state index is 5.08. The van der Waals surface area contributed by atoms with Crippen LogP contribution in [0.25, 0.3) is 27.8 Å². The molecule has 1 aliphatic heterocycles. The van der Waals surface area contributed by atoms with E-state index in [9.17, 15) is 0 Å². The number of fused-ring (bicyclic) bond motifs is 1. The molecule has 1 heterocycles. The van der Waals surface area contributed by atoms with Gasteiger partial charge in [-0.3, -0.25) is 0 Å². The molecule has 0 saturated heterocycles.